The minimum absolute atomic E-state index is 0.0174. The lowest BCUT2D eigenvalue weighted by atomic mass is 10.1. The lowest BCUT2D eigenvalue weighted by molar-refractivity contribution is 0.482. The third-order valence-corrected chi connectivity index (χ3v) is 7.95. The molecule has 0 aromatic heterocycles. The molecular weight excluding hydrogens is 484 g/mol. The van der Waals surface area contributed by atoms with Gasteiger partial charge in [0, 0.05) is 5.69 Å². The van der Waals surface area contributed by atoms with Gasteiger partial charge in [0.2, 0.25) is 0 Å². The Labute approximate surface area is 205 Å². The monoisotopic (exact) mass is 508 g/mol. The maximum atomic E-state index is 12.8. The zero-order valence-corrected chi connectivity index (χ0v) is 20.7. The lowest BCUT2D eigenvalue weighted by Gasteiger charge is -2.13. The van der Waals surface area contributed by atoms with Gasteiger partial charge in [-0.25, -0.2) is 16.8 Å². The number of anilines is 2. The van der Waals surface area contributed by atoms with Crippen molar-refractivity contribution in [3.63, 3.8) is 0 Å². The molecule has 4 rings (SSSR count). The minimum Gasteiger partial charge on any atom is -0.457 e. The van der Waals surface area contributed by atoms with Gasteiger partial charge in [-0.3, -0.25) is 9.44 Å². The van der Waals surface area contributed by atoms with Crippen molar-refractivity contribution in [3.05, 3.63) is 108 Å². The molecule has 0 saturated carbocycles. The number of sulfonamides is 2. The van der Waals surface area contributed by atoms with E-state index in [9.17, 15) is 16.8 Å². The zero-order chi connectivity index (χ0) is 25.1. The molecule has 0 saturated heterocycles. The fourth-order valence-electron chi connectivity index (χ4n) is 3.28. The average molecular weight is 509 g/mol. The van der Waals surface area contributed by atoms with Gasteiger partial charge in [0.15, 0.2) is 0 Å². The lowest BCUT2D eigenvalue weighted by Crippen LogP contribution is -2.15. The van der Waals surface area contributed by atoms with E-state index in [1.54, 1.807) is 30.3 Å². The van der Waals surface area contributed by atoms with Crippen LogP contribution >= 0.6 is 0 Å². The van der Waals surface area contributed by atoms with E-state index in [1.165, 1.54) is 36.4 Å². The second kappa shape index (κ2) is 9.81. The van der Waals surface area contributed by atoms with Gasteiger partial charge in [-0.2, -0.15) is 0 Å². The molecule has 0 unspecified atom stereocenters. The summed E-state index contributed by atoms with van der Waals surface area (Å²) in [5.74, 6) is 1.14. The fraction of sp³-hybridized carbons (Fsp3) is 0.0769. The summed E-state index contributed by atoms with van der Waals surface area (Å²) in [6.45, 7) is 3.69. The highest BCUT2D eigenvalue weighted by atomic mass is 32.2. The van der Waals surface area contributed by atoms with Crippen LogP contribution in [-0.2, 0) is 20.0 Å². The molecule has 0 aliphatic heterocycles. The molecule has 9 heteroatoms. The van der Waals surface area contributed by atoms with Gasteiger partial charge in [0.25, 0.3) is 20.0 Å². The fourth-order valence-corrected chi connectivity index (χ4v) is 5.46. The van der Waals surface area contributed by atoms with E-state index < -0.39 is 20.0 Å². The molecule has 35 heavy (non-hydrogen) atoms. The second-order valence-electron chi connectivity index (χ2n) is 7.94. The third-order valence-electron chi connectivity index (χ3n) is 5.17. The molecule has 4 aromatic rings. The van der Waals surface area contributed by atoms with E-state index in [2.05, 4.69) is 9.44 Å². The first-order chi connectivity index (χ1) is 16.6. The van der Waals surface area contributed by atoms with Crippen molar-refractivity contribution in [2.45, 2.75) is 23.6 Å². The summed E-state index contributed by atoms with van der Waals surface area (Å²) in [4.78, 5) is 0.0648. The van der Waals surface area contributed by atoms with Crippen molar-refractivity contribution in [3.8, 4) is 11.5 Å². The number of benzene rings is 4. The van der Waals surface area contributed by atoms with E-state index in [-0.39, 0.29) is 15.5 Å². The van der Waals surface area contributed by atoms with Crippen molar-refractivity contribution in [2.24, 2.45) is 0 Å². The molecule has 0 amide bonds. The van der Waals surface area contributed by atoms with Crippen LogP contribution in [0.5, 0.6) is 11.5 Å². The molecule has 4 aromatic carbocycles. The van der Waals surface area contributed by atoms with E-state index >= 15 is 0 Å². The molecule has 0 heterocycles. The molecule has 7 nitrogen and oxygen atoms in total. The topological polar surface area (TPSA) is 102 Å². The minimum atomic E-state index is -3.88. The normalized spacial score (nSPS) is 11.6. The van der Waals surface area contributed by atoms with Crippen LogP contribution in [0.1, 0.15) is 11.1 Å². The Morgan fingerprint density at radius 1 is 0.600 bits per heavy atom. The highest BCUT2D eigenvalue weighted by molar-refractivity contribution is 7.93. The summed E-state index contributed by atoms with van der Waals surface area (Å²) in [6, 6.07) is 26.2. The number of hydrogen-bond donors (Lipinski definition) is 2. The van der Waals surface area contributed by atoms with Crippen LogP contribution in [0.15, 0.2) is 107 Å². The molecule has 0 radical (unpaired) electrons. The van der Waals surface area contributed by atoms with Gasteiger partial charge in [-0.05, 0) is 91.7 Å². The number of nitrogens with one attached hydrogen (secondary N) is 2. The van der Waals surface area contributed by atoms with Crippen LogP contribution in [-0.4, -0.2) is 16.8 Å². The molecule has 180 valence electrons. The highest BCUT2D eigenvalue weighted by Crippen LogP contribution is 2.25. The quantitative estimate of drug-likeness (QED) is 0.318. The van der Waals surface area contributed by atoms with Crippen LogP contribution in [0.25, 0.3) is 0 Å². The first-order valence-electron chi connectivity index (χ1n) is 10.7. The maximum Gasteiger partial charge on any atom is 0.261 e. The molecule has 0 spiro atoms. The van der Waals surface area contributed by atoms with Crippen molar-refractivity contribution in [1.29, 1.82) is 0 Å². The summed E-state index contributed by atoms with van der Waals surface area (Å²) in [5.41, 5.74) is 2.45. The smallest absolute Gasteiger partial charge is 0.261 e. The van der Waals surface area contributed by atoms with Crippen LogP contribution < -0.4 is 14.2 Å². The van der Waals surface area contributed by atoms with Gasteiger partial charge in [0.05, 0.1) is 15.5 Å². The van der Waals surface area contributed by atoms with Gasteiger partial charge in [-0.15, -0.1) is 0 Å². The van der Waals surface area contributed by atoms with Crippen molar-refractivity contribution >= 4 is 31.4 Å². The number of aryl methyl sites for hydroxylation is 2. The first-order valence-corrected chi connectivity index (χ1v) is 13.6. The molecule has 0 aliphatic carbocycles. The van der Waals surface area contributed by atoms with Crippen molar-refractivity contribution in [2.75, 3.05) is 9.44 Å². The van der Waals surface area contributed by atoms with Gasteiger partial charge in [-0.1, -0.05) is 30.3 Å². The van der Waals surface area contributed by atoms with E-state index in [4.69, 9.17) is 4.74 Å². The van der Waals surface area contributed by atoms with Gasteiger partial charge < -0.3 is 4.74 Å². The summed E-state index contributed by atoms with van der Waals surface area (Å²) in [6.07, 6.45) is 0. The maximum absolute atomic E-state index is 12.8. The third kappa shape index (κ3) is 6.00. The Balaban J connectivity index is 1.46. The van der Waals surface area contributed by atoms with E-state index in [0.29, 0.717) is 17.2 Å². The SMILES string of the molecule is Cc1ccc(C)c(NS(=O)(=O)c2ccc(NS(=O)(=O)c3ccc(Oc4ccccc4)cc3)cc2)c1. The first kappa shape index (κ1) is 24.3. The summed E-state index contributed by atoms with van der Waals surface area (Å²) in [7, 11) is -7.72. The van der Waals surface area contributed by atoms with Crippen LogP contribution in [0.3, 0.4) is 0 Å². The largest absolute Gasteiger partial charge is 0.457 e. The van der Waals surface area contributed by atoms with Gasteiger partial charge >= 0.3 is 0 Å². The van der Waals surface area contributed by atoms with Crippen molar-refractivity contribution in [1.82, 2.24) is 0 Å². The summed E-state index contributed by atoms with van der Waals surface area (Å²) < 4.78 is 61.9. The predicted molar refractivity (Wildman–Crippen MR) is 137 cm³/mol. The zero-order valence-electron chi connectivity index (χ0n) is 19.1. The van der Waals surface area contributed by atoms with E-state index in [1.807, 2.05) is 44.2 Å². The number of para-hydroxylation sites is 1. The van der Waals surface area contributed by atoms with Crippen LogP contribution in [0.2, 0.25) is 0 Å². The molecular formula is C26H24N2O5S2. The van der Waals surface area contributed by atoms with Crippen LogP contribution in [0, 0.1) is 13.8 Å². The Hall–Kier alpha value is -3.82. The Bertz CT molecular complexity index is 1530. The average Bonchev–Trinajstić information content (AvgIpc) is 2.82. The Morgan fingerprint density at radius 2 is 1.14 bits per heavy atom. The van der Waals surface area contributed by atoms with E-state index in [0.717, 1.165) is 11.1 Å². The number of rotatable bonds is 8. The molecule has 0 aliphatic rings. The Morgan fingerprint density at radius 3 is 1.77 bits per heavy atom. The Kier molecular flexibility index (Phi) is 6.81. The predicted octanol–water partition coefficient (Wildman–Crippen LogP) is 5.70. The van der Waals surface area contributed by atoms with Gasteiger partial charge in [0.1, 0.15) is 11.5 Å². The molecule has 2 N–H and O–H groups in total. The van der Waals surface area contributed by atoms with Crippen molar-refractivity contribution < 1.29 is 21.6 Å². The summed E-state index contributed by atoms with van der Waals surface area (Å²) in [5, 5.41) is 0. The second-order valence-corrected chi connectivity index (χ2v) is 11.3. The highest BCUT2D eigenvalue weighted by Gasteiger charge is 2.18. The number of hydrogen-bond acceptors (Lipinski definition) is 5. The molecule has 0 atom stereocenters. The summed E-state index contributed by atoms with van der Waals surface area (Å²) >= 11 is 0. The molecule has 0 bridgehead atoms. The molecule has 0 fully saturated rings. The standard InChI is InChI=1S/C26H24N2O5S2/c1-19-8-9-20(2)26(18-19)28-35(31,32)24-14-10-21(11-15-24)27-34(29,30)25-16-12-23(13-17-25)33-22-6-4-3-5-7-22/h3-18,27-28H,1-2H3. The van der Waals surface area contributed by atoms with Crippen LogP contribution in [0.4, 0.5) is 11.4 Å². The number of ether oxygens (including phenoxy) is 1.